The second-order valence-corrected chi connectivity index (χ2v) is 7.22. The molecule has 32 heavy (non-hydrogen) atoms. The van der Waals surface area contributed by atoms with Crippen LogP contribution in [0.3, 0.4) is 0 Å². The van der Waals surface area contributed by atoms with Gasteiger partial charge in [0.25, 0.3) is 0 Å². The van der Waals surface area contributed by atoms with Gasteiger partial charge in [0.15, 0.2) is 5.76 Å². The van der Waals surface area contributed by atoms with Crippen LogP contribution in [0.5, 0.6) is 5.75 Å². The van der Waals surface area contributed by atoms with E-state index in [1.807, 2.05) is 69.3 Å². The minimum absolute atomic E-state index is 0.192. The van der Waals surface area contributed by atoms with Crippen molar-refractivity contribution in [3.8, 4) is 16.9 Å². The van der Waals surface area contributed by atoms with E-state index in [0.29, 0.717) is 28.2 Å². The maximum absolute atomic E-state index is 13.4. The normalized spacial score (nSPS) is 12.4. The number of carbonyl (C=O) groups is 1. The second-order valence-electron chi connectivity index (χ2n) is 7.22. The molecule has 0 radical (unpaired) electrons. The minimum atomic E-state index is -0.400. The van der Waals surface area contributed by atoms with E-state index in [2.05, 4.69) is 6.58 Å². The van der Waals surface area contributed by atoms with Gasteiger partial charge in [-0.25, -0.2) is 4.39 Å². The first-order chi connectivity index (χ1) is 15.5. The van der Waals surface area contributed by atoms with Crippen LogP contribution in [0.15, 0.2) is 89.6 Å². The van der Waals surface area contributed by atoms with Crippen LogP contribution >= 0.6 is 0 Å². The summed E-state index contributed by atoms with van der Waals surface area (Å²) in [5.41, 5.74) is 4.32. The molecule has 0 bridgehead atoms. The highest BCUT2D eigenvalue weighted by Gasteiger charge is 2.28. The molecule has 2 heterocycles. The predicted octanol–water partition coefficient (Wildman–Crippen LogP) is 7.81. The predicted molar refractivity (Wildman–Crippen MR) is 126 cm³/mol. The van der Waals surface area contributed by atoms with E-state index in [1.165, 1.54) is 24.3 Å². The van der Waals surface area contributed by atoms with Crippen LogP contribution in [0.25, 0.3) is 27.7 Å². The molecule has 0 unspecified atom stereocenters. The number of halogens is 1. The summed E-state index contributed by atoms with van der Waals surface area (Å²) in [6.07, 6.45) is 1.88. The first-order valence-corrected chi connectivity index (χ1v) is 10.5. The number of benzene rings is 3. The van der Waals surface area contributed by atoms with Crippen molar-refractivity contribution in [2.45, 2.75) is 20.8 Å². The summed E-state index contributed by atoms with van der Waals surface area (Å²) in [6, 6.07) is 18.8. The highest BCUT2D eigenvalue weighted by Crippen LogP contribution is 2.46. The fourth-order valence-corrected chi connectivity index (χ4v) is 3.83. The van der Waals surface area contributed by atoms with E-state index >= 15 is 0 Å². The Morgan fingerprint density at radius 1 is 0.938 bits per heavy atom. The summed E-state index contributed by atoms with van der Waals surface area (Å²) in [7, 11) is 0. The van der Waals surface area contributed by atoms with E-state index < -0.39 is 5.82 Å². The summed E-state index contributed by atoms with van der Waals surface area (Å²) in [5.74, 6) is 0.624. The van der Waals surface area contributed by atoms with Gasteiger partial charge in [0.2, 0.25) is 5.78 Å². The van der Waals surface area contributed by atoms with E-state index in [1.54, 1.807) is 0 Å². The SMILES string of the molecule is C=C1C=C(C)c2ccc3oc(C(=O)c4ccc(F)cc4)c(-c4ccccc4)c3c2O1.CC. The minimum Gasteiger partial charge on any atom is -0.457 e. The Kier molecular flexibility index (Phi) is 5.78. The van der Waals surface area contributed by atoms with Gasteiger partial charge in [-0.2, -0.15) is 0 Å². The van der Waals surface area contributed by atoms with Gasteiger partial charge in [0.1, 0.15) is 22.9 Å². The van der Waals surface area contributed by atoms with Crippen molar-refractivity contribution in [3.05, 3.63) is 108 Å². The zero-order chi connectivity index (χ0) is 22.8. The zero-order valence-electron chi connectivity index (χ0n) is 18.2. The Labute approximate surface area is 186 Å². The molecule has 0 aliphatic carbocycles. The maximum Gasteiger partial charge on any atom is 0.228 e. The quantitative estimate of drug-likeness (QED) is 0.314. The molecule has 0 spiro atoms. The molecular formula is C28H23FO3. The molecule has 0 amide bonds. The monoisotopic (exact) mass is 426 g/mol. The lowest BCUT2D eigenvalue weighted by molar-refractivity contribution is 0.101. The first-order valence-electron chi connectivity index (χ1n) is 10.5. The molecule has 3 aromatic carbocycles. The summed E-state index contributed by atoms with van der Waals surface area (Å²) in [5, 5.41) is 0.720. The molecule has 0 fully saturated rings. The summed E-state index contributed by atoms with van der Waals surface area (Å²) in [6.45, 7) is 9.93. The third-order valence-electron chi connectivity index (χ3n) is 5.22. The molecular weight excluding hydrogens is 403 g/mol. The lowest BCUT2D eigenvalue weighted by Crippen LogP contribution is -2.03. The van der Waals surface area contributed by atoms with Crippen LogP contribution in [0, 0.1) is 5.82 Å². The smallest absolute Gasteiger partial charge is 0.228 e. The topological polar surface area (TPSA) is 39.4 Å². The zero-order valence-corrected chi connectivity index (χ0v) is 18.2. The third kappa shape index (κ3) is 3.65. The van der Waals surface area contributed by atoms with Crippen LogP contribution in [-0.2, 0) is 0 Å². The lowest BCUT2D eigenvalue weighted by atomic mass is 9.94. The number of hydrogen-bond acceptors (Lipinski definition) is 3. The molecule has 3 nitrogen and oxygen atoms in total. The van der Waals surface area contributed by atoms with Crippen molar-refractivity contribution in [1.82, 2.24) is 0 Å². The van der Waals surface area contributed by atoms with E-state index in [-0.39, 0.29) is 11.5 Å². The molecule has 0 atom stereocenters. The molecule has 4 aromatic rings. The van der Waals surface area contributed by atoms with Crippen LogP contribution in [0.1, 0.15) is 42.5 Å². The Bertz CT molecular complexity index is 1340. The maximum atomic E-state index is 13.4. The first kappa shape index (κ1) is 21.3. The van der Waals surface area contributed by atoms with Gasteiger partial charge in [0, 0.05) is 16.7 Å². The van der Waals surface area contributed by atoms with Gasteiger partial charge >= 0.3 is 0 Å². The molecule has 1 aromatic heterocycles. The van der Waals surface area contributed by atoms with Crippen molar-refractivity contribution in [3.63, 3.8) is 0 Å². The van der Waals surface area contributed by atoms with Gasteiger partial charge < -0.3 is 9.15 Å². The number of ketones is 1. The van der Waals surface area contributed by atoms with Crippen LogP contribution in [-0.4, -0.2) is 5.78 Å². The van der Waals surface area contributed by atoms with E-state index in [0.717, 1.165) is 22.1 Å². The Balaban J connectivity index is 0.00000119. The molecule has 0 saturated carbocycles. The highest BCUT2D eigenvalue weighted by molar-refractivity contribution is 6.17. The standard InChI is InChI=1S/C26H17FO3.C2H6/c1-15-14-16(2)29-25-20(15)12-13-21-23(25)22(17-6-4-3-5-7-17)26(30-21)24(28)18-8-10-19(27)11-9-18;1-2/h3-14H,2H2,1H3;1-2H3. The number of furan rings is 1. The van der Waals surface area contributed by atoms with Crippen LogP contribution in [0.2, 0.25) is 0 Å². The summed E-state index contributed by atoms with van der Waals surface area (Å²) >= 11 is 0. The third-order valence-corrected chi connectivity index (χ3v) is 5.22. The Hall–Kier alpha value is -3.92. The fourth-order valence-electron chi connectivity index (χ4n) is 3.83. The summed E-state index contributed by atoms with van der Waals surface area (Å²) in [4.78, 5) is 13.3. The van der Waals surface area contributed by atoms with Gasteiger partial charge in [-0.3, -0.25) is 4.79 Å². The number of hydrogen-bond donors (Lipinski definition) is 0. The molecule has 1 aliphatic rings. The lowest BCUT2D eigenvalue weighted by Gasteiger charge is -2.18. The van der Waals surface area contributed by atoms with Crippen molar-refractivity contribution < 1.29 is 18.3 Å². The fraction of sp³-hybridized carbons (Fsp3) is 0.107. The molecule has 0 saturated heterocycles. The van der Waals surface area contributed by atoms with Crippen molar-refractivity contribution in [2.75, 3.05) is 0 Å². The average Bonchev–Trinajstić information content (AvgIpc) is 3.21. The second kappa shape index (κ2) is 8.67. The van der Waals surface area contributed by atoms with Gasteiger partial charge in [0.05, 0.1) is 5.39 Å². The Morgan fingerprint density at radius 3 is 2.31 bits per heavy atom. The molecule has 160 valence electrons. The van der Waals surface area contributed by atoms with Gasteiger partial charge in [-0.15, -0.1) is 0 Å². The highest BCUT2D eigenvalue weighted by atomic mass is 19.1. The largest absolute Gasteiger partial charge is 0.457 e. The molecule has 5 rings (SSSR count). The number of allylic oxidation sites excluding steroid dienone is 2. The average molecular weight is 426 g/mol. The van der Waals surface area contributed by atoms with Gasteiger partial charge in [-0.05, 0) is 60.5 Å². The van der Waals surface area contributed by atoms with Gasteiger partial charge in [-0.1, -0.05) is 50.8 Å². The molecule has 0 N–H and O–H groups in total. The van der Waals surface area contributed by atoms with Crippen molar-refractivity contribution in [2.24, 2.45) is 0 Å². The number of carbonyl (C=O) groups excluding carboxylic acids is 1. The van der Waals surface area contributed by atoms with Crippen molar-refractivity contribution >= 4 is 22.3 Å². The summed E-state index contributed by atoms with van der Waals surface area (Å²) < 4.78 is 25.4. The number of ether oxygens (including phenoxy) is 1. The molecule has 4 heteroatoms. The van der Waals surface area contributed by atoms with E-state index in [9.17, 15) is 9.18 Å². The van der Waals surface area contributed by atoms with Crippen LogP contribution < -0.4 is 4.74 Å². The van der Waals surface area contributed by atoms with Crippen LogP contribution in [0.4, 0.5) is 4.39 Å². The number of fused-ring (bicyclic) bond motifs is 3. The number of rotatable bonds is 3. The Morgan fingerprint density at radius 2 is 1.62 bits per heavy atom. The van der Waals surface area contributed by atoms with Crippen molar-refractivity contribution in [1.29, 1.82) is 0 Å². The van der Waals surface area contributed by atoms with E-state index in [4.69, 9.17) is 9.15 Å². The molecule has 1 aliphatic heterocycles.